The Morgan fingerprint density at radius 2 is 1.68 bits per heavy atom. The summed E-state index contributed by atoms with van der Waals surface area (Å²) in [5.74, 6) is 0.745. The zero-order valence-electron chi connectivity index (χ0n) is 24.3. The van der Waals surface area contributed by atoms with Gasteiger partial charge in [-0.3, -0.25) is 19.7 Å². The Morgan fingerprint density at radius 1 is 0.909 bits per heavy atom. The summed E-state index contributed by atoms with van der Waals surface area (Å²) in [5.41, 5.74) is 5.55. The molecule has 11 nitrogen and oxygen atoms in total. The lowest BCUT2D eigenvalue weighted by Crippen LogP contribution is -3.11. The van der Waals surface area contributed by atoms with Gasteiger partial charge in [-0.05, 0) is 60.7 Å². The highest BCUT2D eigenvalue weighted by Crippen LogP contribution is 2.28. The number of aromatic amines is 1. The van der Waals surface area contributed by atoms with Crippen molar-refractivity contribution in [1.29, 1.82) is 0 Å². The second-order valence-electron chi connectivity index (χ2n) is 11.4. The highest BCUT2D eigenvalue weighted by molar-refractivity contribution is 5.99. The highest BCUT2D eigenvalue weighted by Gasteiger charge is 2.34. The van der Waals surface area contributed by atoms with Crippen LogP contribution in [0, 0.1) is 5.92 Å². The summed E-state index contributed by atoms with van der Waals surface area (Å²) < 4.78 is 0. The standard InChI is InChI=1S/C33H33N9O2/c43-30(42-18-16-41(17-19-42)27-5-2-24(3-6-27)32-35-11-1-12-36-32)22-40-15-10-25(21-40)33(44)37-26-4-7-29-28(20-26)31(39-38-29)23-8-13-34-14-9-23/h1-9,11-14,20,25H,10,15-19,21-22H2,(H,37,44)(H,38,39)/p+1/t25-/m1/s1. The van der Waals surface area contributed by atoms with Crippen molar-refractivity contribution >= 4 is 34.1 Å². The molecule has 0 bridgehead atoms. The lowest BCUT2D eigenvalue weighted by atomic mass is 10.1. The maximum atomic E-state index is 13.2. The SMILES string of the molecule is O=C(Nc1ccc2[nH]nc(-c3ccncc3)c2c1)[C@@H]1CC[NH+](CC(=O)N2CCN(c3ccc(-c4ncccn4)cc3)CC2)C1. The summed E-state index contributed by atoms with van der Waals surface area (Å²) in [7, 11) is 0. The number of benzene rings is 2. The number of fused-ring (bicyclic) bond motifs is 1. The number of likely N-dealkylation sites (tertiary alicyclic amines) is 1. The molecule has 222 valence electrons. The van der Waals surface area contributed by atoms with E-state index in [1.807, 2.05) is 53.4 Å². The van der Waals surface area contributed by atoms with E-state index in [-0.39, 0.29) is 17.7 Å². The maximum Gasteiger partial charge on any atom is 0.277 e. The number of amides is 2. The molecule has 2 fully saturated rings. The van der Waals surface area contributed by atoms with Crippen LogP contribution in [0.1, 0.15) is 6.42 Å². The quantitative estimate of drug-likeness (QED) is 0.267. The van der Waals surface area contributed by atoms with Crippen LogP contribution < -0.4 is 15.1 Å². The van der Waals surface area contributed by atoms with E-state index in [2.05, 4.69) is 47.5 Å². The minimum atomic E-state index is -0.126. The normalized spacial score (nSPS) is 18.5. The molecular weight excluding hydrogens is 554 g/mol. The van der Waals surface area contributed by atoms with Gasteiger partial charge in [0.15, 0.2) is 12.4 Å². The Balaban J connectivity index is 0.897. The third-order valence-corrected chi connectivity index (χ3v) is 8.63. The van der Waals surface area contributed by atoms with Crippen molar-refractivity contribution in [1.82, 2.24) is 30.0 Å². The fourth-order valence-electron chi connectivity index (χ4n) is 6.19. The Bertz CT molecular complexity index is 1750. The Hall–Kier alpha value is -5.16. The number of nitrogens with one attached hydrogen (secondary N) is 3. The molecule has 2 aliphatic rings. The molecule has 11 heteroatoms. The van der Waals surface area contributed by atoms with Gasteiger partial charge < -0.3 is 20.0 Å². The van der Waals surface area contributed by atoms with Gasteiger partial charge in [-0.15, -0.1) is 0 Å². The Morgan fingerprint density at radius 3 is 2.45 bits per heavy atom. The van der Waals surface area contributed by atoms with E-state index in [0.29, 0.717) is 32.0 Å². The van der Waals surface area contributed by atoms with Gasteiger partial charge in [0, 0.05) is 85.3 Å². The lowest BCUT2D eigenvalue weighted by Gasteiger charge is -2.36. The van der Waals surface area contributed by atoms with E-state index in [4.69, 9.17) is 0 Å². The molecule has 5 heterocycles. The zero-order chi connectivity index (χ0) is 29.9. The Kier molecular flexibility index (Phi) is 7.68. The average molecular weight is 589 g/mol. The van der Waals surface area contributed by atoms with Crippen molar-refractivity contribution in [2.24, 2.45) is 5.92 Å². The molecule has 2 atom stereocenters. The first-order valence-corrected chi connectivity index (χ1v) is 15.0. The van der Waals surface area contributed by atoms with Crippen molar-refractivity contribution in [2.45, 2.75) is 6.42 Å². The predicted octanol–water partition coefficient (Wildman–Crippen LogP) is 2.27. The smallest absolute Gasteiger partial charge is 0.277 e. The number of hydrogen-bond donors (Lipinski definition) is 3. The molecule has 0 aliphatic carbocycles. The van der Waals surface area contributed by atoms with E-state index < -0.39 is 0 Å². The van der Waals surface area contributed by atoms with E-state index in [0.717, 1.165) is 65.2 Å². The van der Waals surface area contributed by atoms with Gasteiger partial charge in [-0.25, -0.2) is 9.97 Å². The van der Waals surface area contributed by atoms with Crippen molar-refractivity contribution in [3.05, 3.63) is 85.5 Å². The number of hydrogen-bond acceptors (Lipinski definition) is 7. The van der Waals surface area contributed by atoms with E-state index in [1.54, 1.807) is 24.8 Å². The van der Waals surface area contributed by atoms with Gasteiger partial charge in [0.25, 0.3) is 5.91 Å². The molecule has 5 aromatic rings. The number of H-pyrrole nitrogens is 1. The molecule has 7 rings (SSSR count). The third kappa shape index (κ3) is 5.86. The van der Waals surface area contributed by atoms with E-state index in [1.165, 1.54) is 4.90 Å². The summed E-state index contributed by atoms with van der Waals surface area (Å²) >= 11 is 0. The fourth-order valence-corrected chi connectivity index (χ4v) is 6.19. The summed E-state index contributed by atoms with van der Waals surface area (Å²) in [6.45, 7) is 4.86. The lowest BCUT2D eigenvalue weighted by molar-refractivity contribution is -0.880. The van der Waals surface area contributed by atoms with Gasteiger partial charge in [-0.1, -0.05) is 0 Å². The molecule has 0 spiro atoms. The van der Waals surface area contributed by atoms with Gasteiger partial charge >= 0.3 is 0 Å². The number of carbonyl (C=O) groups is 2. The summed E-state index contributed by atoms with van der Waals surface area (Å²) in [6, 6.07) is 19.7. The molecule has 1 unspecified atom stereocenters. The molecule has 0 saturated carbocycles. The van der Waals surface area contributed by atoms with Crippen molar-refractivity contribution < 1.29 is 14.5 Å². The first-order chi connectivity index (χ1) is 21.6. The van der Waals surface area contributed by atoms with Crippen LogP contribution in [-0.4, -0.2) is 87.7 Å². The van der Waals surface area contributed by atoms with Crippen LogP contribution in [0.3, 0.4) is 0 Å². The third-order valence-electron chi connectivity index (χ3n) is 8.63. The van der Waals surface area contributed by atoms with Gasteiger partial charge in [0.2, 0.25) is 5.91 Å². The second-order valence-corrected chi connectivity index (χ2v) is 11.4. The van der Waals surface area contributed by atoms with Crippen LogP contribution in [0.4, 0.5) is 11.4 Å². The number of rotatable bonds is 7. The van der Waals surface area contributed by atoms with Gasteiger partial charge in [-0.2, -0.15) is 5.10 Å². The maximum absolute atomic E-state index is 13.2. The van der Waals surface area contributed by atoms with Crippen LogP contribution in [0.15, 0.2) is 85.5 Å². The van der Waals surface area contributed by atoms with Crippen molar-refractivity contribution in [2.75, 3.05) is 56.0 Å². The molecule has 0 radical (unpaired) electrons. The van der Waals surface area contributed by atoms with Crippen LogP contribution in [0.2, 0.25) is 0 Å². The molecule has 3 aromatic heterocycles. The van der Waals surface area contributed by atoms with Crippen molar-refractivity contribution in [3.63, 3.8) is 0 Å². The van der Waals surface area contributed by atoms with Gasteiger partial charge in [0.1, 0.15) is 5.69 Å². The monoisotopic (exact) mass is 588 g/mol. The molecular formula is C33H34N9O2+. The van der Waals surface area contributed by atoms with Crippen LogP contribution in [-0.2, 0) is 9.59 Å². The molecule has 2 saturated heterocycles. The minimum absolute atomic E-state index is 0.000727. The summed E-state index contributed by atoms with van der Waals surface area (Å²) in [5, 5.41) is 11.6. The second kappa shape index (κ2) is 12.2. The van der Waals surface area contributed by atoms with Crippen LogP contribution in [0.5, 0.6) is 0 Å². The topological polar surface area (TPSA) is 124 Å². The predicted molar refractivity (Wildman–Crippen MR) is 168 cm³/mol. The molecule has 2 amide bonds. The number of nitrogens with zero attached hydrogens (tertiary/aromatic N) is 6. The number of carbonyl (C=O) groups excluding carboxylic acids is 2. The largest absolute Gasteiger partial charge is 0.368 e. The van der Waals surface area contributed by atoms with Crippen LogP contribution in [0.25, 0.3) is 33.5 Å². The van der Waals surface area contributed by atoms with Crippen LogP contribution >= 0.6 is 0 Å². The first kappa shape index (κ1) is 27.7. The number of anilines is 2. The zero-order valence-corrected chi connectivity index (χ0v) is 24.3. The van der Waals surface area contributed by atoms with E-state index >= 15 is 0 Å². The van der Waals surface area contributed by atoms with Crippen molar-refractivity contribution in [3.8, 4) is 22.6 Å². The van der Waals surface area contributed by atoms with Gasteiger partial charge in [0.05, 0.1) is 24.5 Å². The number of aromatic nitrogens is 5. The Labute approximate surface area is 254 Å². The number of pyridine rings is 1. The number of quaternary nitrogens is 1. The summed E-state index contributed by atoms with van der Waals surface area (Å²) in [6.07, 6.45) is 7.73. The molecule has 2 aromatic carbocycles. The number of piperazine rings is 1. The fraction of sp³-hybridized carbons (Fsp3) is 0.273. The average Bonchev–Trinajstić information content (AvgIpc) is 3.73. The summed E-state index contributed by atoms with van der Waals surface area (Å²) in [4.78, 5) is 44.5. The minimum Gasteiger partial charge on any atom is -0.368 e. The highest BCUT2D eigenvalue weighted by atomic mass is 16.2. The molecule has 2 aliphatic heterocycles. The molecule has 3 N–H and O–H groups in total. The first-order valence-electron chi connectivity index (χ1n) is 15.0. The molecule has 44 heavy (non-hydrogen) atoms. The van der Waals surface area contributed by atoms with E-state index in [9.17, 15) is 9.59 Å².